The fraction of sp³-hybridized carbons (Fsp3) is 1.00. The molecule has 4 saturated carbocycles. The van der Waals surface area contributed by atoms with Crippen molar-refractivity contribution in [3.63, 3.8) is 0 Å². The summed E-state index contributed by atoms with van der Waals surface area (Å²) in [6, 6.07) is 0. The van der Waals surface area contributed by atoms with Gasteiger partial charge in [0, 0.05) is 0 Å². The van der Waals surface area contributed by atoms with Gasteiger partial charge in [0.15, 0.2) is 6.17 Å². The average molecular weight is 312 g/mol. The van der Waals surface area contributed by atoms with Crippen LogP contribution in [0.3, 0.4) is 0 Å². The van der Waals surface area contributed by atoms with Crippen molar-refractivity contribution in [2.45, 2.75) is 50.0 Å². The molecular weight excluding hydrogens is 293 g/mol. The Kier molecular flexibility index (Phi) is 3.36. The SMILES string of the molecule is O=S(=O)(O)C(F)(F)C(F)CC1C2CC3CC(C2)CC1C3. The Bertz CT molecular complexity index is 463. The lowest BCUT2D eigenvalue weighted by Crippen LogP contribution is -2.48. The van der Waals surface area contributed by atoms with Crippen molar-refractivity contribution in [2.24, 2.45) is 29.6 Å². The molecule has 0 radical (unpaired) electrons. The lowest BCUT2D eigenvalue weighted by molar-refractivity contribution is -0.0738. The van der Waals surface area contributed by atoms with Crippen molar-refractivity contribution in [3.05, 3.63) is 0 Å². The van der Waals surface area contributed by atoms with Crippen LogP contribution in [0, 0.1) is 29.6 Å². The maximum absolute atomic E-state index is 13.8. The maximum atomic E-state index is 13.8. The molecule has 7 heteroatoms. The highest BCUT2D eigenvalue weighted by atomic mass is 32.2. The minimum Gasteiger partial charge on any atom is -0.281 e. The molecule has 0 aliphatic heterocycles. The zero-order valence-corrected chi connectivity index (χ0v) is 11.8. The fourth-order valence-electron chi connectivity index (χ4n) is 4.96. The molecule has 116 valence electrons. The van der Waals surface area contributed by atoms with E-state index in [1.807, 2.05) is 0 Å². The van der Waals surface area contributed by atoms with Gasteiger partial charge >= 0.3 is 15.4 Å². The highest BCUT2D eigenvalue weighted by Crippen LogP contribution is 2.58. The predicted molar refractivity (Wildman–Crippen MR) is 66.5 cm³/mol. The van der Waals surface area contributed by atoms with E-state index in [-0.39, 0.29) is 17.8 Å². The molecule has 4 aliphatic rings. The molecule has 4 aliphatic carbocycles. The third kappa shape index (κ3) is 2.26. The lowest BCUT2D eigenvalue weighted by Gasteiger charge is -2.54. The monoisotopic (exact) mass is 312 g/mol. The highest BCUT2D eigenvalue weighted by molar-refractivity contribution is 7.86. The highest BCUT2D eigenvalue weighted by Gasteiger charge is 2.56. The topological polar surface area (TPSA) is 54.4 Å². The Hall–Kier alpha value is -0.300. The molecule has 0 aromatic heterocycles. The average Bonchev–Trinajstić information content (AvgIpc) is 2.31. The molecule has 0 heterocycles. The van der Waals surface area contributed by atoms with Crippen molar-refractivity contribution in [2.75, 3.05) is 0 Å². The third-order valence-electron chi connectivity index (χ3n) is 5.61. The standard InChI is InChI=1S/C13H19F3O3S/c14-12(13(15,16)20(17,18)19)6-11-9-2-7-1-8(4-9)5-10(11)3-7/h7-12H,1-6H2,(H,17,18,19). The van der Waals surface area contributed by atoms with E-state index in [1.54, 1.807) is 0 Å². The second kappa shape index (κ2) is 4.60. The number of halogens is 3. The van der Waals surface area contributed by atoms with Gasteiger partial charge in [0.2, 0.25) is 0 Å². The second-order valence-corrected chi connectivity index (χ2v) is 8.33. The molecule has 3 nitrogen and oxygen atoms in total. The molecule has 0 aromatic carbocycles. The first-order chi connectivity index (χ1) is 9.18. The Balaban J connectivity index is 1.72. The van der Waals surface area contributed by atoms with Crippen molar-refractivity contribution in [1.29, 1.82) is 0 Å². The Morgan fingerprint density at radius 3 is 1.90 bits per heavy atom. The molecule has 20 heavy (non-hydrogen) atoms. The molecule has 4 rings (SSSR count). The number of hydrogen-bond acceptors (Lipinski definition) is 2. The lowest BCUT2D eigenvalue weighted by atomic mass is 9.51. The summed E-state index contributed by atoms with van der Waals surface area (Å²) in [6.07, 6.45) is 1.77. The van der Waals surface area contributed by atoms with E-state index in [9.17, 15) is 21.6 Å². The number of hydrogen-bond donors (Lipinski definition) is 1. The van der Waals surface area contributed by atoms with Crippen LogP contribution in [0.5, 0.6) is 0 Å². The molecule has 4 fully saturated rings. The van der Waals surface area contributed by atoms with Crippen LogP contribution in [-0.4, -0.2) is 24.4 Å². The first-order valence-electron chi connectivity index (χ1n) is 7.17. The molecule has 0 amide bonds. The summed E-state index contributed by atoms with van der Waals surface area (Å²) >= 11 is 0. The van der Waals surface area contributed by atoms with Crippen molar-refractivity contribution in [3.8, 4) is 0 Å². The minimum absolute atomic E-state index is 0.162. The zero-order valence-electron chi connectivity index (χ0n) is 11.0. The second-order valence-electron chi connectivity index (χ2n) is 6.83. The van der Waals surface area contributed by atoms with Crippen LogP contribution < -0.4 is 0 Å². The summed E-state index contributed by atoms with van der Waals surface area (Å²) in [7, 11) is -5.69. The molecule has 1 unspecified atom stereocenters. The van der Waals surface area contributed by atoms with E-state index >= 15 is 0 Å². The summed E-state index contributed by atoms with van der Waals surface area (Å²) in [5.74, 6) is 1.64. The van der Waals surface area contributed by atoms with E-state index in [2.05, 4.69) is 0 Å². The number of alkyl halides is 3. The van der Waals surface area contributed by atoms with Crippen LogP contribution >= 0.6 is 0 Å². The number of rotatable bonds is 4. The van der Waals surface area contributed by atoms with Crippen molar-refractivity contribution >= 4 is 10.1 Å². The predicted octanol–water partition coefficient (Wildman–Crippen LogP) is 3.27. The smallest absolute Gasteiger partial charge is 0.281 e. The Morgan fingerprint density at radius 1 is 1.05 bits per heavy atom. The fourth-order valence-corrected chi connectivity index (χ4v) is 5.38. The first kappa shape index (κ1) is 14.6. The summed E-state index contributed by atoms with van der Waals surface area (Å²) in [5.41, 5.74) is 0. The van der Waals surface area contributed by atoms with Gasteiger partial charge < -0.3 is 0 Å². The molecule has 0 saturated heterocycles. The van der Waals surface area contributed by atoms with Gasteiger partial charge in [0.25, 0.3) is 0 Å². The normalized spacial score (nSPS) is 41.9. The Morgan fingerprint density at radius 2 is 1.50 bits per heavy atom. The van der Waals surface area contributed by atoms with Gasteiger partial charge in [-0.2, -0.15) is 17.2 Å². The van der Waals surface area contributed by atoms with Gasteiger partial charge in [-0.15, -0.1) is 0 Å². The summed E-state index contributed by atoms with van der Waals surface area (Å²) < 4.78 is 70.1. The molecule has 4 bridgehead atoms. The summed E-state index contributed by atoms with van der Waals surface area (Å²) in [5, 5.41) is -4.69. The molecular formula is C13H19F3O3S. The van der Waals surface area contributed by atoms with Gasteiger partial charge in [-0.25, -0.2) is 4.39 Å². The van der Waals surface area contributed by atoms with Gasteiger partial charge in [0.05, 0.1) is 0 Å². The van der Waals surface area contributed by atoms with E-state index in [0.717, 1.165) is 25.7 Å². The van der Waals surface area contributed by atoms with Gasteiger partial charge in [-0.3, -0.25) is 4.55 Å². The zero-order chi connectivity index (χ0) is 14.7. The van der Waals surface area contributed by atoms with Crippen LogP contribution in [0.2, 0.25) is 0 Å². The summed E-state index contributed by atoms with van der Waals surface area (Å²) in [6.45, 7) is 0. The van der Waals surface area contributed by atoms with E-state index in [1.165, 1.54) is 6.42 Å². The van der Waals surface area contributed by atoms with Crippen LogP contribution in [0.15, 0.2) is 0 Å². The van der Waals surface area contributed by atoms with Crippen molar-refractivity contribution in [1.82, 2.24) is 0 Å². The molecule has 1 N–H and O–H groups in total. The van der Waals surface area contributed by atoms with Crippen LogP contribution in [-0.2, 0) is 10.1 Å². The van der Waals surface area contributed by atoms with Gasteiger partial charge in [-0.05, 0) is 68.1 Å². The Labute approximate surface area is 116 Å². The van der Waals surface area contributed by atoms with Gasteiger partial charge in [0.1, 0.15) is 0 Å². The maximum Gasteiger partial charge on any atom is 0.400 e. The van der Waals surface area contributed by atoms with Gasteiger partial charge in [-0.1, -0.05) is 0 Å². The van der Waals surface area contributed by atoms with Crippen molar-refractivity contribution < 1.29 is 26.1 Å². The molecule has 0 aromatic rings. The van der Waals surface area contributed by atoms with Crippen LogP contribution in [0.4, 0.5) is 13.2 Å². The molecule has 1 atom stereocenters. The van der Waals surface area contributed by atoms with E-state index in [0.29, 0.717) is 11.8 Å². The van der Waals surface area contributed by atoms with Crippen LogP contribution in [0.25, 0.3) is 0 Å². The summed E-state index contributed by atoms with van der Waals surface area (Å²) in [4.78, 5) is 0. The molecule has 0 spiro atoms. The van der Waals surface area contributed by atoms with E-state index in [4.69, 9.17) is 4.55 Å². The largest absolute Gasteiger partial charge is 0.400 e. The quantitative estimate of drug-likeness (QED) is 0.811. The van der Waals surface area contributed by atoms with E-state index < -0.39 is 28.0 Å². The third-order valence-corrected chi connectivity index (χ3v) is 6.55. The first-order valence-corrected chi connectivity index (χ1v) is 8.61. The van der Waals surface area contributed by atoms with Crippen LogP contribution in [0.1, 0.15) is 38.5 Å². The minimum atomic E-state index is -5.69.